The SMILES string of the molecule is O=C(Nc1ccc(N2CCN(c3ccccc3)CC2)nc1)c1cccc(Br)c1. The molecule has 2 heterocycles. The highest BCUT2D eigenvalue weighted by atomic mass is 79.9. The van der Waals surface area contributed by atoms with Crippen molar-refractivity contribution < 1.29 is 4.79 Å². The van der Waals surface area contributed by atoms with Gasteiger partial charge in [-0.2, -0.15) is 0 Å². The Hall–Kier alpha value is -2.86. The van der Waals surface area contributed by atoms with Gasteiger partial charge in [-0.25, -0.2) is 4.98 Å². The third-order valence-corrected chi connectivity index (χ3v) is 5.31. The molecule has 4 rings (SSSR count). The summed E-state index contributed by atoms with van der Waals surface area (Å²) in [5, 5.41) is 2.90. The van der Waals surface area contributed by atoms with Crippen molar-refractivity contribution in [1.29, 1.82) is 0 Å². The standard InChI is InChI=1S/C22H21BrN4O/c23-18-6-4-5-17(15-18)22(28)25-19-9-10-21(24-16-19)27-13-11-26(12-14-27)20-7-2-1-3-8-20/h1-10,15-16H,11-14H2,(H,25,28). The fourth-order valence-electron chi connectivity index (χ4n) is 3.31. The summed E-state index contributed by atoms with van der Waals surface area (Å²) < 4.78 is 0.878. The molecule has 3 aromatic rings. The van der Waals surface area contributed by atoms with Crippen molar-refractivity contribution in [3.8, 4) is 0 Å². The third kappa shape index (κ3) is 4.34. The molecule has 0 radical (unpaired) electrons. The van der Waals surface area contributed by atoms with Crippen molar-refractivity contribution in [1.82, 2.24) is 4.98 Å². The number of amides is 1. The molecule has 28 heavy (non-hydrogen) atoms. The Morgan fingerprint density at radius 3 is 2.32 bits per heavy atom. The molecule has 1 aliphatic rings. The summed E-state index contributed by atoms with van der Waals surface area (Å²) in [6.45, 7) is 3.78. The molecule has 0 atom stereocenters. The molecular formula is C22H21BrN4O. The van der Waals surface area contributed by atoms with E-state index in [0.29, 0.717) is 11.3 Å². The van der Waals surface area contributed by atoms with Crippen LogP contribution >= 0.6 is 15.9 Å². The minimum absolute atomic E-state index is 0.146. The molecule has 0 spiro atoms. The first-order chi connectivity index (χ1) is 13.7. The van der Waals surface area contributed by atoms with Gasteiger partial charge in [0.05, 0.1) is 11.9 Å². The molecule has 1 aromatic heterocycles. The number of piperazine rings is 1. The molecule has 1 saturated heterocycles. The number of pyridine rings is 1. The number of nitrogens with zero attached hydrogens (tertiary/aromatic N) is 3. The van der Waals surface area contributed by atoms with Gasteiger partial charge in [-0.05, 0) is 42.5 Å². The van der Waals surface area contributed by atoms with Crippen LogP contribution in [0.25, 0.3) is 0 Å². The van der Waals surface area contributed by atoms with Crippen LogP contribution in [0.15, 0.2) is 77.4 Å². The summed E-state index contributed by atoms with van der Waals surface area (Å²) in [5.41, 5.74) is 2.56. The number of carbonyl (C=O) groups excluding carboxylic acids is 1. The first kappa shape index (κ1) is 18.5. The van der Waals surface area contributed by atoms with Gasteiger partial charge >= 0.3 is 0 Å². The summed E-state index contributed by atoms with van der Waals surface area (Å²) in [4.78, 5) is 21.6. The second-order valence-electron chi connectivity index (χ2n) is 6.68. The number of nitrogens with one attached hydrogen (secondary N) is 1. The second kappa shape index (κ2) is 8.44. The van der Waals surface area contributed by atoms with Gasteiger partial charge in [0, 0.05) is 41.9 Å². The minimum Gasteiger partial charge on any atom is -0.368 e. The quantitative estimate of drug-likeness (QED) is 0.657. The van der Waals surface area contributed by atoms with Crippen molar-refractivity contribution in [3.63, 3.8) is 0 Å². The predicted octanol–water partition coefficient (Wildman–Crippen LogP) is 4.42. The smallest absolute Gasteiger partial charge is 0.255 e. The van der Waals surface area contributed by atoms with Gasteiger partial charge in [-0.3, -0.25) is 4.79 Å². The number of anilines is 3. The van der Waals surface area contributed by atoms with Crippen LogP contribution in [0.4, 0.5) is 17.2 Å². The molecule has 0 unspecified atom stereocenters. The van der Waals surface area contributed by atoms with E-state index in [4.69, 9.17) is 0 Å². The summed E-state index contributed by atoms with van der Waals surface area (Å²) in [7, 11) is 0. The van der Waals surface area contributed by atoms with Crippen molar-refractivity contribution in [2.24, 2.45) is 0 Å². The average Bonchev–Trinajstić information content (AvgIpc) is 2.75. The van der Waals surface area contributed by atoms with Crippen LogP contribution < -0.4 is 15.1 Å². The van der Waals surface area contributed by atoms with Gasteiger partial charge in [0.2, 0.25) is 0 Å². The van der Waals surface area contributed by atoms with Gasteiger partial charge in [-0.15, -0.1) is 0 Å². The number of hydrogen-bond acceptors (Lipinski definition) is 4. The lowest BCUT2D eigenvalue weighted by Crippen LogP contribution is -2.46. The molecule has 5 nitrogen and oxygen atoms in total. The fourth-order valence-corrected chi connectivity index (χ4v) is 3.71. The van der Waals surface area contributed by atoms with Crippen LogP contribution in [0.5, 0.6) is 0 Å². The summed E-state index contributed by atoms with van der Waals surface area (Å²) in [6, 6.07) is 21.7. The van der Waals surface area contributed by atoms with Gasteiger partial charge in [0.1, 0.15) is 5.82 Å². The molecule has 1 aliphatic heterocycles. The van der Waals surface area contributed by atoms with E-state index < -0.39 is 0 Å². The first-order valence-corrected chi connectivity index (χ1v) is 10.1. The molecule has 0 aliphatic carbocycles. The average molecular weight is 437 g/mol. The summed E-state index contributed by atoms with van der Waals surface area (Å²) in [5.74, 6) is 0.792. The molecule has 2 aromatic carbocycles. The molecule has 0 bridgehead atoms. The number of aromatic nitrogens is 1. The zero-order valence-corrected chi connectivity index (χ0v) is 17.0. The van der Waals surface area contributed by atoms with E-state index in [1.165, 1.54) is 5.69 Å². The summed E-state index contributed by atoms with van der Waals surface area (Å²) >= 11 is 3.39. The van der Waals surface area contributed by atoms with E-state index in [1.807, 2.05) is 30.3 Å². The molecule has 1 fully saturated rings. The van der Waals surface area contributed by atoms with Crippen LogP contribution in [-0.2, 0) is 0 Å². The molecule has 0 saturated carbocycles. The third-order valence-electron chi connectivity index (χ3n) is 4.82. The Balaban J connectivity index is 1.35. The topological polar surface area (TPSA) is 48.5 Å². The highest BCUT2D eigenvalue weighted by Crippen LogP contribution is 2.20. The molecular weight excluding hydrogens is 416 g/mol. The van der Waals surface area contributed by atoms with Crippen LogP contribution in [0, 0.1) is 0 Å². The van der Waals surface area contributed by atoms with Crippen LogP contribution in [-0.4, -0.2) is 37.1 Å². The Morgan fingerprint density at radius 1 is 0.893 bits per heavy atom. The van der Waals surface area contributed by atoms with Crippen molar-refractivity contribution in [2.75, 3.05) is 41.3 Å². The van der Waals surface area contributed by atoms with Crippen LogP contribution in [0.3, 0.4) is 0 Å². The van der Waals surface area contributed by atoms with Crippen LogP contribution in [0.2, 0.25) is 0 Å². The lowest BCUT2D eigenvalue weighted by Gasteiger charge is -2.36. The number of para-hydroxylation sites is 1. The van der Waals surface area contributed by atoms with Crippen molar-refractivity contribution in [2.45, 2.75) is 0 Å². The van der Waals surface area contributed by atoms with Gasteiger partial charge in [0.15, 0.2) is 0 Å². The van der Waals surface area contributed by atoms with E-state index in [0.717, 1.165) is 36.5 Å². The van der Waals surface area contributed by atoms with E-state index >= 15 is 0 Å². The van der Waals surface area contributed by atoms with Crippen molar-refractivity contribution >= 4 is 39.0 Å². The normalized spacial score (nSPS) is 14.0. The maximum Gasteiger partial charge on any atom is 0.255 e. The Kier molecular flexibility index (Phi) is 5.58. The largest absolute Gasteiger partial charge is 0.368 e. The lowest BCUT2D eigenvalue weighted by molar-refractivity contribution is 0.102. The Bertz CT molecular complexity index is 938. The maximum atomic E-state index is 12.3. The Morgan fingerprint density at radius 2 is 1.64 bits per heavy atom. The van der Waals surface area contributed by atoms with E-state index in [9.17, 15) is 4.79 Å². The zero-order chi connectivity index (χ0) is 19.3. The van der Waals surface area contributed by atoms with Crippen molar-refractivity contribution in [3.05, 3.63) is 83.0 Å². The monoisotopic (exact) mass is 436 g/mol. The molecule has 6 heteroatoms. The Labute approximate surface area is 173 Å². The van der Waals surface area contributed by atoms with Gasteiger partial charge in [0.25, 0.3) is 5.91 Å². The fraction of sp³-hybridized carbons (Fsp3) is 0.182. The number of carbonyl (C=O) groups is 1. The molecule has 142 valence electrons. The number of halogens is 1. The van der Waals surface area contributed by atoms with E-state index in [1.54, 1.807) is 18.3 Å². The predicted molar refractivity (Wildman–Crippen MR) is 117 cm³/mol. The molecule has 1 N–H and O–H groups in total. The number of benzene rings is 2. The number of hydrogen-bond donors (Lipinski definition) is 1. The van der Waals surface area contributed by atoms with Gasteiger partial charge in [-0.1, -0.05) is 40.2 Å². The molecule has 1 amide bonds. The van der Waals surface area contributed by atoms with E-state index in [2.05, 4.69) is 60.3 Å². The zero-order valence-electron chi connectivity index (χ0n) is 15.4. The summed E-state index contributed by atoms with van der Waals surface area (Å²) in [6.07, 6.45) is 1.72. The van der Waals surface area contributed by atoms with Crippen LogP contribution in [0.1, 0.15) is 10.4 Å². The second-order valence-corrected chi connectivity index (χ2v) is 7.59. The maximum absolute atomic E-state index is 12.3. The minimum atomic E-state index is -0.146. The highest BCUT2D eigenvalue weighted by Gasteiger charge is 2.18. The van der Waals surface area contributed by atoms with E-state index in [-0.39, 0.29) is 5.91 Å². The lowest BCUT2D eigenvalue weighted by atomic mass is 10.2. The number of rotatable bonds is 4. The van der Waals surface area contributed by atoms with Gasteiger partial charge < -0.3 is 15.1 Å². The highest BCUT2D eigenvalue weighted by molar-refractivity contribution is 9.10. The first-order valence-electron chi connectivity index (χ1n) is 9.27.